The first-order valence-electron chi connectivity index (χ1n) is 5.67. The van der Waals surface area contributed by atoms with Crippen molar-refractivity contribution >= 4 is 21.6 Å². The van der Waals surface area contributed by atoms with Gasteiger partial charge in [0.15, 0.2) is 0 Å². The smallest absolute Gasteiger partial charge is 0.203 e. The monoisotopic (exact) mass is 268 g/mol. The Morgan fingerprint density at radius 3 is 2.29 bits per heavy atom. The lowest BCUT2D eigenvalue weighted by Crippen LogP contribution is -2.03. The molecule has 2 rings (SSSR count). The Hall–Kier alpha value is -0.740. The van der Waals surface area contributed by atoms with Crippen molar-refractivity contribution in [3.8, 4) is 0 Å². The maximum absolute atomic E-state index is 12.2. The topological polar surface area (TPSA) is 34.1 Å². The fraction of sp³-hybridized carbons (Fsp3) is 0.385. The first kappa shape index (κ1) is 12.7. The van der Waals surface area contributed by atoms with E-state index in [1.54, 1.807) is 29.3 Å². The van der Waals surface area contributed by atoms with Crippen molar-refractivity contribution in [3.05, 3.63) is 40.1 Å². The van der Waals surface area contributed by atoms with Crippen LogP contribution in [0.1, 0.15) is 31.7 Å². The highest BCUT2D eigenvalue weighted by Crippen LogP contribution is 2.31. The van der Waals surface area contributed by atoms with E-state index in [1.165, 1.54) is 5.56 Å². The Morgan fingerprint density at radius 1 is 1.18 bits per heavy atom. The molecule has 0 bridgehead atoms. The Labute approximate surface area is 107 Å². The second kappa shape index (κ2) is 4.86. The SMILES string of the molecule is CC(C)c1ccc(S(=O)(=O)C2=CSCC2)cc1. The summed E-state index contributed by atoms with van der Waals surface area (Å²) in [7, 11) is -3.24. The van der Waals surface area contributed by atoms with Gasteiger partial charge in [0.25, 0.3) is 0 Å². The third kappa shape index (κ3) is 2.58. The van der Waals surface area contributed by atoms with E-state index in [1.807, 2.05) is 12.1 Å². The molecule has 1 heterocycles. The number of thioether (sulfide) groups is 1. The van der Waals surface area contributed by atoms with Crippen LogP contribution in [0.25, 0.3) is 0 Å². The van der Waals surface area contributed by atoms with Gasteiger partial charge in [-0.05, 0) is 35.4 Å². The van der Waals surface area contributed by atoms with Gasteiger partial charge in [-0.15, -0.1) is 11.8 Å². The van der Waals surface area contributed by atoms with E-state index in [-0.39, 0.29) is 0 Å². The first-order chi connectivity index (χ1) is 8.01. The second-order valence-electron chi connectivity index (χ2n) is 4.43. The van der Waals surface area contributed by atoms with E-state index in [0.29, 0.717) is 22.1 Å². The molecule has 0 N–H and O–H groups in total. The number of benzene rings is 1. The predicted octanol–water partition coefficient (Wildman–Crippen LogP) is 3.56. The van der Waals surface area contributed by atoms with Crippen molar-refractivity contribution in [2.75, 3.05) is 5.75 Å². The molecule has 0 atom stereocenters. The van der Waals surface area contributed by atoms with E-state index in [9.17, 15) is 8.42 Å². The summed E-state index contributed by atoms with van der Waals surface area (Å²) in [5.74, 6) is 1.30. The molecule has 1 aliphatic heterocycles. The van der Waals surface area contributed by atoms with E-state index < -0.39 is 9.84 Å². The minimum Gasteiger partial charge on any atom is -0.219 e. The molecular weight excluding hydrogens is 252 g/mol. The van der Waals surface area contributed by atoms with Crippen LogP contribution in [0.4, 0.5) is 0 Å². The lowest BCUT2D eigenvalue weighted by atomic mass is 10.0. The molecule has 0 radical (unpaired) electrons. The van der Waals surface area contributed by atoms with Crippen LogP contribution >= 0.6 is 11.8 Å². The molecule has 17 heavy (non-hydrogen) atoms. The Morgan fingerprint density at radius 2 is 1.82 bits per heavy atom. The summed E-state index contributed by atoms with van der Waals surface area (Å²) in [5, 5.41) is 1.77. The molecule has 1 aliphatic rings. The summed E-state index contributed by atoms with van der Waals surface area (Å²) in [4.78, 5) is 0.968. The van der Waals surface area contributed by atoms with Crippen LogP contribution in [0, 0.1) is 0 Å². The van der Waals surface area contributed by atoms with E-state index in [2.05, 4.69) is 13.8 Å². The summed E-state index contributed by atoms with van der Waals surface area (Å²) < 4.78 is 24.5. The van der Waals surface area contributed by atoms with E-state index >= 15 is 0 Å². The molecule has 0 amide bonds. The molecule has 4 heteroatoms. The average Bonchev–Trinajstić information content (AvgIpc) is 2.83. The first-order valence-corrected chi connectivity index (χ1v) is 8.20. The van der Waals surface area contributed by atoms with E-state index in [0.717, 1.165) is 5.75 Å². The van der Waals surface area contributed by atoms with Crippen molar-refractivity contribution in [3.63, 3.8) is 0 Å². The maximum atomic E-state index is 12.2. The number of allylic oxidation sites excluding steroid dienone is 1. The lowest BCUT2D eigenvalue weighted by Gasteiger charge is -2.08. The third-order valence-electron chi connectivity index (χ3n) is 2.88. The molecule has 1 aromatic carbocycles. The van der Waals surface area contributed by atoms with Gasteiger partial charge in [0.2, 0.25) is 9.84 Å². The van der Waals surface area contributed by atoms with Crippen LogP contribution < -0.4 is 0 Å². The largest absolute Gasteiger partial charge is 0.219 e. The van der Waals surface area contributed by atoms with E-state index in [4.69, 9.17) is 0 Å². The molecule has 0 spiro atoms. The zero-order valence-electron chi connectivity index (χ0n) is 10.0. The van der Waals surface area contributed by atoms with Crippen LogP contribution in [0.5, 0.6) is 0 Å². The van der Waals surface area contributed by atoms with Crippen molar-refractivity contribution in [1.29, 1.82) is 0 Å². The molecule has 2 nitrogen and oxygen atoms in total. The highest BCUT2D eigenvalue weighted by Gasteiger charge is 2.22. The second-order valence-corrected chi connectivity index (χ2v) is 7.41. The number of hydrogen-bond acceptors (Lipinski definition) is 3. The normalized spacial score (nSPS) is 16.3. The van der Waals surface area contributed by atoms with Crippen molar-refractivity contribution in [2.24, 2.45) is 0 Å². The molecule has 0 aromatic heterocycles. The summed E-state index contributed by atoms with van der Waals surface area (Å²) in [6, 6.07) is 7.24. The van der Waals surface area contributed by atoms with Gasteiger partial charge in [-0.25, -0.2) is 8.42 Å². The van der Waals surface area contributed by atoms with Crippen molar-refractivity contribution in [1.82, 2.24) is 0 Å². The van der Waals surface area contributed by atoms with Crippen LogP contribution in [0.15, 0.2) is 39.5 Å². The molecule has 0 unspecified atom stereocenters. The molecule has 1 aromatic rings. The summed E-state index contributed by atoms with van der Waals surface area (Å²) in [5.41, 5.74) is 1.17. The van der Waals surface area contributed by atoms with Gasteiger partial charge in [-0.1, -0.05) is 26.0 Å². The quantitative estimate of drug-likeness (QED) is 0.840. The van der Waals surface area contributed by atoms with Gasteiger partial charge >= 0.3 is 0 Å². The summed E-state index contributed by atoms with van der Waals surface area (Å²) in [6.45, 7) is 4.19. The van der Waals surface area contributed by atoms with Crippen LogP contribution in [0.3, 0.4) is 0 Å². The minimum atomic E-state index is -3.24. The van der Waals surface area contributed by atoms with Gasteiger partial charge < -0.3 is 0 Å². The van der Waals surface area contributed by atoms with Crippen LogP contribution in [-0.2, 0) is 9.84 Å². The Kier molecular flexibility index (Phi) is 3.64. The number of hydrogen-bond donors (Lipinski definition) is 0. The average molecular weight is 268 g/mol. The lowest BCUT2D eigenvalue weighted by molar-refractivity contribution is 0.601. The predicted molar refractivity (Wildman–Crippen MR) is 72.9 cm³/mol. The van der Waals surface area contributed by atoms with Gasteiger partial charge in [0.1, 0.15) is 0 Å². The Balaban J connectivity index is 2.34. The molecular formula is C13H16O2S2. The fourth-order valence-electron chi connectivity index (χ4n) is 1.75. The number of sulfone groups is 1. The highest BCUT2D eigenvalue weighted by atomic mass is 32.2. The van der Waals surface area contributed by atoms with Gasteiger partial charge in [0, 0.05) is 5.75 Å². The van der Waals surface area contributed by atoms with Gasteiger partial charge in [-0.2, -0.15) is 0 Å². The maximum Gasteiger partial charge on any atom is 0.203 e. The van der Waals surface area contributed by atoms with Gasteiger partial charge in [0.05, 0.1) is 9.80 Å². The molecule has 0 saturated carbocycles. The minimum absolute atomic E-state index is 0.413. The number of rotatable bonds is 3. The molecule has 0 saturated heterocycles. The van der Waals surface area contributed by atoms with Crippen LogP contribution in [0.2, 0.25) is 0 Å². The van der Waals surface area contributed by atoms with Crippen molar-refractivity contribution in [2.45, 2.75) is 31.1 Å². The summed E-state index contributed by atoms with van der Waals surface area (Å²) >= 11 is 1.57. The molecule has 0 fully saturated rings. The van der Waals surface area contributed by atoms with Crippen LogP contribution in [-0.4, -0.2) is 14.2 Å². The molecule has 92 valence electrons. The fourth-order valence-corrected chi connectivity index (χ4v) is 4.52. The van der Waals surface area contributed by atoms with Crippen molar-refractivity contribution < 1.29 is 8.42 Å². The highest BCUT2D eigenvalue weighted by molar-refractivity contribution is 8.04. The van der Waals surface area contributed by atoms with Gasteiger partial charge in [-0.3, -0.25) is 0 Å². The summed E-state index contributed by atoms with van der Waals surface area (Å²) in [6.07, 6.45) is 0.652. The Bertz CT molecular complexity index is 525. The third-order valence-corrected chi connectivity index (χ3v) is 5.83. The zero-order chi connectivity index (χ0) is 12.5. The molecule has 0 aliphatic carbocycles. The standard InChI is InChI=1S/C13H16O2S2/c1-10(2)11-3-5-12(6-4-11)17(14,15)13-7-8-16-9-13/h3-6,9-10H,7-8H2,1-2H3. The zero-order valence-corrected chi connectivity index (χ0v) is 11.6.